The van der Waals surface area contributed by atoms with Crippen LogP contribution in [0.1, 0.15) is 5.69 Å². The fourth-order valence-electron chi connectivity index (χ4n) is 3.00. The molecule has 122 valence electrons. The van der Waals surface area contributed by atoms with Crippen LogP contribution in [-0.4, -0.2) is 58.7 Å². The molecule has 5 nitrogen and oxygen atoms in total. The third-order valence-electron chi connectivity index (χ3n) is 4.43. The lowest BCUT2D eigenvalue weighted by molar-refractivity contribution is 0.159. The predicted octanol–water partition coefficient (Wildman–Crippen LogP) is 2.58. The second kappa shape index (κ2) is 6.45. The van der Waals surface area contributed by atoms with Crippen molar-refractivity contribution in [2.45, 2.75) is 0 Å². The Kier molecular flexibility index (Phi) is 4.01. The van der Waals surface area contributed by atoms with Gasteiger partial charge in [-0.2, -0.15) is 5.10 Å². The zero-order chi connectivity index (χ0) is 16.4. The first-order valence-corrected chi connectivity index (χ1v) is 8.31. The molecule has 0 atom stereocenters. The highest BCUT2D eigenvalue weighted by Gasteiger charge is 2.13. The topological polar surface area (TPSA) is 36.1 Å². The quantitative estimate of drug-likeness (QED) is 0.696. The Hall–Kier alpha value is -2.66. The molecule has 5 heteroatoms. The van der Waals surface area contributed by atoms with Gasteiger partial charge in [0.2, 0.25) is 0 Å². The van der Waals surface area contributed by atoms with Crippen LogP contribution in [0.3, 0.4) is 0 Å². The van der Waals surface area contributed by atoms with Gasteiger partial charge in [0.25, 0.3) is 0 Å². The van der Waals surface area contributed by atoms with Crippen LogP contribution >= 0.6 is 0 Å². The second-order valence-corrected chi connectivity index (χ2v) is 6.14. The third kappa shape index (κ3) is 2.90. The number of likely N-dealkylation sites (N-methyl/N-ethyl adjacent to an activating group) is 1. The molecule has 1 fully saturated rings. The summed E-state index contributed by atoms with van der Waals surface area (Å²) in [6.07, 6.45) is 3.95. The molecule has 0 amide bonds. The summed E-state index contributed by atoms with van der Waals surface area (Å²) in [7, 11) is 2.15. The Morgan fingerprint density at radius 2 is 1.71 bits per heavy atom. The largest absolute Gasteiger partial charge is 0.303 e. The predicted molar refractivity (Wildman–Crippen MR) is 97.3 cm³/mol. The van der Waals surface area contributed by atoms with E-state index in [1.165, 1.54) is 0 Å². The maximum atomic E-state index is 4.84. The van der Waals surface area contributed by atoms with Crippen LogP contribution < -0.4 is 0 Å². The third-order valence-corrected chi connectivity index (χ3v) is 4.43. The molecule has 0 radical (unpaired) electrons. The Morgan fingerprint density at radius 3 is 2.50 bits per heavy atom. The Labute approximate surface area is 141 Å². The Balaban J connectivity index is 1.69. The maximum absolute atomic E-state index is 4.84. The number of hydrogen-bond donors (Lipinski definition) is 0. The van der Waals surface area contributed by atoms with Crippen molar-refractivity contribution in [3.8, 4) is 11.4 Å². The van der Waals surface area contributed by atoms with E-state index in [9.17, 15) is 0 Å². The van der Waals surface area contributed by atoms with Crippen molar-refractivity contribution in [2.75, 3.05) is 33.2 Å². The number of aromatic nitrogens is 2. The normalized spacial score (nSPS) is 16.3. The lowest BCUT2D eigenvalue weighted by atomic mass is 10.2. The molecule has 4 rings (SSSR count). The number of nitrogens with zero attached hydrogens (tertiary/aromatic N) is 5. The maximum Gasteiger partial charge on any atom is 0.145 e. The fourth-order valence-corrected chi connectivity index (χ4v) is 3.00. The SMILES string of the molecule is CN1CCN(/N=C\c2nc(-c3ccccc3)n3ccccc23)CC1. The van der Waals surface area contributed by atoms with Gasteiger partial charge in [0.1, 0.15) is 11.5 Å². The molecule has 0 bridgehead atoms. The average molecular weight is 319 g/mol. The lowest BCUT2D eigenvalue weighted by Gasteiger charge is -2.30. The number of benzene rings is 1. The van der Waals surface area contributed by atoms with Crippen molar-refractivity contribution in [2.24, 2.45) is 5.10 Å². The molecular weight excluding hydrogens is 298 g/mol. The van der Waals surface area contributed by atoms with Gasteiger partial charge in [-0.3, -0.25) is 9.41 Å². The minimum atomic E-state index is 0.911. The van der Waals surface area contributed by atoms with Gasteiger partial charge in [0.15, 0.2) is 0 Å². The highest BCUT2D eigenvalue weighted by Crippen LogP contribution is 2.21. The number of hydrogen-bond acceptors (Lipinski definition) is 4. The Morgan fingerprint density at radius 1 is 0.958 bits per heavy atom. The smallest absolute Gasteiger partial charge is 0.145 e. The number of pyridine rings is 1. The van der Waals surface area contributed by atoms with Crippen LogP contribution in [0, 0.1) is 0 Å². The van der Waals surface area contributed by atoms with E-state index in [0.29, 0.717) is 0 Å². The minimum Gasteiger partial charge on any atom is -0.303 e. The van der Waals surface area contributed by atoms with Crippen molar-refractivity contribution in [3.63, 3.8) is 0 Å². The molecule has 1 saturated heterocycles. The molecule has 0 spiro atoms. The number of piperazine rings is 1. The average Bonchev–Trinajstić information content (AvgIpc) is 3.01. The molecule has 3 heterocycles. The zero-order valence-electron chi connectivity index (χ0n) is 13.8. The van der Waals surface area contributed by atoms with E-state index in [1.54, 1.807) is 0 Å². The van der Waals surface area contributed by atoms with Gasteiger partial charge in [-0.15, -0.1) is 0 Å². The molecule has 0 saturated carbocycles. The van der Waals surface area contributed by atoms with Gasteiger partial charge in [-0.05, 0) is 19.2 Å². The summed E-state index contributed by atoms with van der Waals surface area (Å²) in [5.74, 6) is 0.950. The van der Waals surface area contributed by atoms with Crippen molar-refractivity contribution >= 4 is 11.7 Å². The molecule has 0 N–H and O–H groups in total. The summed E-state index contributed by atoms with van der Waals surface area (Å²) in [4.78, 5) is 7.16. The van der Waals surface area contributed by atoms with E-state index >= 15 is 0 Å². The highest BCUT2D eigenvalue weighted by molar-refractivity contribution is 5.88. The van der Waals surface area contributed by atoms with Crippen LogP contribution in [0.4, 0.5) is 0 Å². The summed E-state index contributed by atoms with van der Waals surface area (Å²) < 4.78 is 2.13. The standard InChI is InChI=1S/C19H21N5/c1-22-11-13-23(14-12-22)20-15-17-18-9-5-6-10-24(18)19(21-17)16-7-3-2-4-8-16/h2-10,15H,11-14H2,1H3/b20-15-. The van der Waals surface area contributed by atoms with E-state index in [0.717, 1.165) is 48.8 Å². The molecule has 1 aromatic carbocycles. The number of imidazole rings is 1. The van der Waals surface area contributed by atoms with Crippen molar-refractivity contribution in [1.29, 1.82) is 0 Å². The first kappa shape index (κ1) is 14.9. The van der Waals surface area contributed by atoms with Crippen LogP contribution in [0.25, 0.3) is 16.9 Å². The molecule has 3 aromatic rings. The summed E-state index contributed by atoms with van der Waals surface area (Å²) in [5.41, 5.74) is 3.10. The summed E-state index contributed by atoms with van der Waals surface area (Å²) in [6.45, 7) is 4.03. The molecule has 1 aliphatic heterocycles. The van der Waals surface area contributed by atoms with Gasteiger partial charge in [-0.25, -0.2) is 4.98 Å². The van der Waals surface area contributed by atoms with Crippen molar-refractivity contribution < 1.29 is 0 Å². The van der Waals surface area contributed by atoms with Crippen molar-refractivity contribution in [3.05, 3.63) is 60.4 Å². The molecule has 0 aliphatic carbocycles. The molecule has 1 aliphatic rings. The monoisotopic (exact) mass is 319 g/mol. The minimum absolute atomic E-state index is 0.911. The van der Waals surface area contributed by atoms with Crippen LogP contribution in [-0.2, 0) is 0 Å². The van der Waals surface area contributed by atoms with E-state index in [4.69, 9.17) is 4.98 Å². The van der Waals surface area contributed by atoms with Crippen LogP contribution in [0.15, 0.2) is 59.8 Å². The summed E-state index contributed by atoms with van der Waals surface area (Å²) in [5, 5.41) is 6.77. The molecular formula is C19H21N5. The van der Waals surface area contributed by atoms with Crippen molar-refractivity contribution in [1.82, 2.24) is 19.3 Å². The van der Waals surface area contributed by atoms with Crippen LogP contribution in [0.2, 0.25) is 0 Å². The molecule has 2 aromatic heterocycles. The lowest BCUT2D eigenvalue weighted by Crippen LogP contribution is -2.41. The van der Waals surface area contributed by atoms with Gasteiger partial charge >= 0.3 is 0 Å². The number of hydrazone groups is 1. The molecule has 0 unspecified atom stereocenters. The first-order chi connectivity index (χ1) is 11.8. The van der Waals surface area contributed by atoms with E-state index in [2.05, 4.69) is 50.9 Å². The van der Waals surface area contributed by atoms with Crippen LogP contribution in [0.5, 0.6) is 0 Å². The summed E-state index contributed by atoms with van der Waals surface area (Å²) >= 11 is 0. The zero-order valence-corrected chi connectivity index (χ0v) is 13.8. The van der Waals surface area contributed by atoms with Gasteiger partial charge in [0, 0.05) is 37.9 Å². The number of rotatable bonds is 3. The second-order valence-electron chi connectivity index (χ2n) is 6.14. The van der Waals surface area contributed by atoms with Gasteiger partial charge < -0.3 is 4.90 Å². The van der Waals surface area contributed by atoms with E-state index in [1.807, 2.05) is 36.5 Å². The van der Waals surface area contributed by atoms with Gasteiger partial charge in [-0.1, -0.05) is 36.4 Å². The number of fused-ring (bicyclic) bond motifs is 1. The summed E-state index contributed by atoms with van der Waals surface area (Å²) in [6, 6.07) is 16.4. The highest BCUT2D eigenvalue weighted by atomic mass is 15.5. The van der Waals surface area contributed by atoms with E-state index < -0.39 is 0 Å². The molecule has 24 heavy (non-hydrogen) atoms. The Bertz CT molecular complexity index is 845. The fraction of sp³-hybridized carbons (Fsp3) is 0.263. The van der Waals surface area contributed by atoms with Gasteiger partial charge in [0.05, 0.1) is 11.7 Å². The van der Waals surface area contributed by atoms with E-state index in [-0.39, 0.29) is 0 Å². The first-order valence-electron chi connectivity index (χ1n) is 8.31.